The topological polar surface area (TPSA) is 96.9 Å². The molecule has 7 nitrogen and oxygen atoms in total. The molecule has 1 atom stereocenters. The SMILES string of the molecule is CS(=O)Cc1cc(Nc2nccc(-c3ccc4c(c3)C(C)(C)CNC4=O)n2)ccn1. The molecule has 0 aliphatic carbocycles. The van der Waals surface area contributed by atoms with Crippen molar-refractivity contribution in [2.24, 2.45) is 0 Å². The van der Waals surface area contributed by atoms with E-state index < -0.39 is 10.8 Å². The normalized spacial score (nSPS) is 15.8. The van der Waals surface area contributed by atoms with Crippen LogP contribution in [-0.2, 0) is 22.0 Å². The average molecular weight is 422 g/mol. The molecule has 1 aliphatic rings. The Kier molecular flexibility index (Phi) is 5.34. The molecule has 0 spiro atoms. The number of pyridine rings is 1. The van der Waals surface area contributed by atoms with Crippen LogP contribution in [0.5, 0.6) is 0 Å². The summed E-state index contributed by atoms with van der Waals surface area (Å²) in [6.07, 6.45) is 5.02. The van der Waals surface area contributed by atoms with Crippen LogP contribution in [0.25, 0.3) is 11.3 Å². The van der Waals surface area contributed by atoms with Gasteiger partial charge in [-0.05, 0) is 35.9 Å². The molecule has 2 N–H and O–H groups in total. The molecule has 154 valence electrons. The van der Waals surface area contributed by atoms with Gasteiger partial charge in [-0.1, -0.05) is 19.9 Å². The summed E-state index contributed by atoms with van der Waals surface area (Å²) >= 11 is 0. The largest absolute Gasteiger partial charge is 0.351 e. The van der Waals surface area contributed by atoms with Crippen molar-refractivity contribution < 1.29 is 9.00 Å². The van der Waals surface area contributed by atoms with E-state index in [9.17, 15) is 9.00 Å². The Morgan fingerprint density at radius 2 is 1.93 bits per heavy atom. The first-order valence-electron chi connectivity index (χ1n) is 9.60. The van der Waals surface area contributed by atoms with Crippen LogP contribution in [0.4, 0.5) is 11.6 Å². The van der Waals surface area contributed by atoms with E-state index >= 15 is 0 Å². The number of rotatable bonds is 5. The summed E-state index contributed by atoms with van der Waals surface area (Å²) in [6.45, 7) is 4.84. The zero-order chi connectivity index (χ0) is 21.3. The molecule has 0 saturated heterocycles. The van der Waals surface area contributed by atoms with Crippen molar-refractivity contribution in [3.05, 3.63) is 65.6 Å². The zero-order valence-corrected chi connectivity index (χ0v) is 17.9. The van der Waals surface area contributed by atoms with Gasteiger partial charge in [0.15, 0.2) is 0 Å². The number of carbonyl (C=O) groups is 1. The molecule has 30 heavy (non-hydrogen) atoms. The van der Waals surface area contributed by atoms with Gasteiger partial charge in [-0.15, -0.1) is 0 Å². The molecular weight excluding hydrogens is 398 g/mol. The van der Waals surface area contributed by atoms with Gasteiger partial charge in [-0.3, -0.25) is 14.0 Å². The van der Waals surface area contributed by atoms with Crippen molar-refractivity contribution in [3.8, 4) is 11.3 Å². The minimum atomic E-state index is -0.960. The van der Waals surface area contributed by atoms with Crippen LogP contribution in [0, 0.1) is 0 Å². The standard InChI is InChI=1S/C22H23N5O2S/c1-22(2)13-25-20(28)17-5-4-14(10-18(17)22)19-7-9-24-21(27-19)26-15-6-8-23-16(11-15)12-30(3)29/h4-11H,12-13H2,1-3H3,(H,25,28)(H,23,24,26,27). The smallest absolute Gasteiger partial charge is 0.251 e. The summed E-state index contributed by atoms with van der Waals surface area (Å²) in [6, 6.07) is 11.3. The van der Waals surface area contributed by atoms with Gasteiger partial charge in [0.2, 0.25) is 5.95 Å². The van der Waals surface area contributed by atoms with E-state index in [0.29, 0.717) is 23.8 Å². The molecule has 1 unspecified atom stereocenters. The van der Waals surface area contributed by atoms with Crippen LogP contribution >= 0.6 is 0 Å². The molecule has 1 aliphatic heterocycles. The lowest BCUT2D eigenvalue weighted by Gasteiger charge is -2.32. The lowest BCUT2D eigenvalue weighted by molar-refractivity contribution is 0.0930. The number of nitrogens with one attached hydrogen (secondary N) is 2. The van der Waals surface area contributed by atoms with Crippen LogP contribution in [0.2, 0.25) is 0 Å². The monoisotopic (exact) mass is 421 g/mol. The number of nitrogens with zero attached hydrogens (tertiary/aromatic N) is 3. The summed E-state index contributed by atoms with van der Waals surface area (Å²) in [5.74, 6) is 0.814. The van der Waals surface area contributed by atoms with Crippen molar-refractivity contribution in [1.82, 2.24) is 20.3 Å². The highest BCUT2D eigenvalue weighted by atomic mass is 32.2. The maximum Gasteiger partial charge on any atom is 0.251 e. The van der Waals surface area contributed by atoms with Crippen LogP contribution in [0.3, 0.4) is 0 Å². The van der Waals surface area contributed by atoms with E-state index in [1.807, 2.05) is 36.4 Å². The summed E-state index contributed by atoms with van der Waals surface area (Å²) in [5, 5.41) is 6.13. The first kappa shape index (κ1) is 20.2. The molecular formula is C22H23N5O2S. The van der Waals surface area contributed by atoms with E-state index in [4.69, 9.17) is 0 Å². The van der Waals surface area contributed by atoms with Crippen LogP contribution < -0.4 is 10.6 Å². The van der Waals surface area contributed by atoms with Gasteiger partial charge in [0.05, 0.1) is 17.1 Å². The van der Waals surface area contributed by atoms with Gasteiger partial charge in [0.25, 0.3) is 5.91 Å². The number of hydrogen-bond acceptors (Lipinski definition) is 6. The second-order valence-electron chi connectivity index (χ2n) is 7.97. The minimum Gasteiger partial charge on any atom is -0.351 e. The molecule has 2 aromatic heterocycles. The maximum atomic E-state index is 12.2. The first-order valence-corrected chi connectivity index (χ1v) is 11.3. The molecule has 8 heteroatoms. The predicted molar refractivity (Wildman–Crippen MR) is 118 cm³/mol. The lowest BCUT2D eigenvalue weighted by atomic mass is 9.78. The molecule has 0 radical (unpaired) electrons. The van der Waals surface area contributed by atoms with Gasteiger partial charge < -0.3 is 10.6 Å². The Bertz CT molecular complexity index is 1150. The third-order valence-electron chi connectivity index (χ3n) is 5.06. The highest BCUT2D eigenvalue weighted by Crippen LogP contribution is 2.33. The van der Waals surface area contributed by atoms with Crippen molar-refractivity contribution in [3.63, 3.8) is 0 Å². The summed E-state index contributed by atoms with van der Waals surface area (Å²) in [7, 11) is -0.960. The van der Waals surface area contributed by atoms with Crippen LogP contribution in [-0.4, -0.2) is 37.9 Å². The Morgan fingerprint density at radius 1 is 1.13 bits per heavy atom. The number of hydrogen-bond donors (Lipinski definition) is 2. The van der Waals surface area contributed by atoms with E-state index in [-0.39, 0.29) is 11.3 Å². The van der Waals surface area contributed by atoms with Gasteiger partial charge in [-0.25, -0.2) is 9.97 Å². The minimum absolute atomic E-state index is 0.0394. The highest BCUT2D eigenvalue weighted by molar-refractivity contribution is 7.83. The molecule has 0 fully saturated rings. The van der Waals surface area contributed by atoms with E-state index in [1.54, 1.807) is 18.6 Å². The highest BCUT2D eigenvalue weighted by Gasteiger charge is 2.31. The number of amides is 1. The van der Waals surface area contributed by atoms with E-state index in [2.05, 4.69) is 39.4 Å². The summed E-state index contributed by atoms with van der Waals surface area (Å²) in [5.41, 5.74) is 4.79. The quantitative estimate of drug-likeness (QED) is 0.657. The molecule has 0 saturated carbocycles. The van der Waals surface area contributed by atoms with Gasteiger partial charge in [0, 0.05) is 58.2 Å². The number of aromatic nitrogens is 3. The van der Waals surface area contributed by atoms with Gasteiger partial charge in [-0.2, -0.15) is 0 Å². The molecule has 0 bridgehead atoms. The molecule has 4 rings (SSSR count). The van der Waals surface area contributed by atoms with Crippen molar-refractivity contribution in [2.45, 2.75) is 25.0 Å². The Labute approximate surface area is 177 Å². The number of benzene rings is 1. The maximum absolute atomic E-state index is 12.2. The Morgan fingerprint density at radius 3 is 2.73 bits per heavy atom. The zero-order valence-electron chi connectivity index (χ0n) is 17.1. The number of carbonyl (C=O) groups excluding carboxylic acids is 1. The van der Waals surface area contributed by atoms with E-state index in [1.165, 1.54) is 0 Å². The summed E-state index contributed by atoms with van der Waals surface area (Å²) < 4.78 is 11.5. The third-order valence-corrected chi connectivity index (χ3v) is 5.76. The predicted octanol–water partition coefficient (Wildman–Crippen LogP) is 3.18. The fourth-order valence-corrected chi connectivity index (χ4v) is 4.08. The van der Waals surface area contributed by atoms with Gasteiger partial charge >= 0.3 is 0 Å². The molecule has 1 amide bonds. The Balaban J connectivity index is 1.63. The van der Waals surface area contributed by atoms with Crippen LogP contribution in [0.15, 0.2) is 48.8 Å². The van der Waals surface area contributed by atoms with Gasteiger partial charge in [0.1, 0.15) is 0 Å². The number of anilines is 2. The van der Waals surface area contributed by atoms with Crippen molar-refractivity contribution >= 4 is 28.3 Å². The van der Waals surface area contributed by atoms with Crippen LogP contribution in [0.1, 0.15) is 35.5 Å². The van der Waals surface area contributed by atoms with Crippen molar-refractivity contribution in [1.29, 1.82) is 0 Å². The number of fused-ring (bicyclic) bond motifs is 1. The first-order chi connectivity index (χ1) is 14.3. The third kappa shape index (κ3) is 4.23. The average Bonchev–Trinajstić information content (AvgIpc) is 2.71. The fourth-order valence-electron chi connectivity index (χ4n) is 3.51. The molecule has 3 heterocycles. The second kappa shape index (κ2) is 7.95. The van der Waals surface area contributed by atoms with E-state index in [0.717, 1.165) is 28.2 Å². The van der Waals surface area contributed by atoms with Crippen molar-refractivity contribution in [2.75, 3.05) is 18.1 Å². The molecule has 3 aromatic rings. The lowest BCUT2D eigenvalue weighted by Crippen LogP contribution is -2.43. The molecule has 1 aromatic carbocycles. The fraction of sp³-hybridized carbons (Fsp3) is 0.273. The summed E-state index contributed by atoms with van der Waals surface area (Å²) in [4.78, 5) is 25.4. The Hall–Kier alpha value is -3.13. The second-order valence-corrected chi connectivity index (χ2v) is 9.41.